The summed E-state index contributed by atoms with van der Waals surface area (Å²) in [5, 5.41) is 2.71. The number of carbonyl (C=O) groups excluding carboxylic acids is 2. The lowest BCUT2D eigenvalue weighted by Crippen LogP contribution is -2.40. The Kier molecular flexibility index (Phi) is 7.54. The number of hydrogen-bond acceptors (Lipinski definition) is 3. The minimum Gasteiger partial charge on any atom is -0.369 e. The van der Waals surface area contributed by atoms with Crippen molar-refractivity contribution in [3.8, 4) is 0 Å². The maximum absolute atomic E-state index is 11.5. The van der Waals surface area contributed by atoms with Crippen molar-refractivity contribution in [2.45, 2.75) is 33.3 Å². The highest BCUT2D eigenvalue weighted by Gasteiger charge is 2.12. The van der Waals surface area contributed by atoms with Gasteiger partial charge in [-0.05, 0) is 20.3 Å². The third-order valence-electron chi connectivity index (χ3n) is 1.92. The predicted octanol–water partition coefficient (Wildman–Crippen LogP) is 0.396. The van der Waals surface area contributed by atoms with Crippen LogP contribution < -0.4 is 5.32 Å². The Hall–Kier alpha value is -1.10. The number of likely N-dealkylation sites (N-methyl/N-ethyl adjacent to an activating group) is 1. The fraction of sp³-hybridized carbons (Fsp3) is 0.818. The van der Waals surface area contributed by atoms with Gasteiger partial charge in [-0.2, -0.15) is 0 Å². The molecule has 5 nitrogen and oxygen atoms in total. The Morgan fingerprint density at radius 3 is 2.50 bits per heavy atom. The molecule has 94 valence electrons. The first-order valence-electron chi connectivity index (χ1n) is 5.59. The monoisotopic (exact) mass is 230 g/mol. The minimum absolute atomic E-state index is 0.0197. The molecule has 0 atom stereocenters. The van der Waals surface area contributed by atoms with E-state index in [1.54, 1.807) is 7.05 Å². The van der Waals surface area contributed by atoms with Crippen molar-refractivity contribution in [3.63, 3.8) is 0 Å². The molecule has 0 aliphatic rings. The summed E-state index contributed by atoms with van der Waals surface area (Å²) in [7, 11) is 1.59. The van der Waals surface area contributed by atoms with Gasteiger partial charge in [-0.3, -0.25) is 9.59 Å². The maximum atomic E-state index is 11.5. The van der Waals surface area contributed by atoms with Crippen molar-refractivity contribution in [1.29, 1.82) is 0 Å². The van der Waals surface area contributed by atoms with Crippen LogP contribution in [0.5, 0.6) is 0 Å². The van der Waals surface area contributed by atoms with Gasteiger partial charge in [-0.1, -0.05) is 6.92 Å². The molecule has 0 aliphatic heterocycles. The van der Waals surface area contributed by atoms with E-state index in [1.165, 1.54) is 4.90 Å². The topological polar surface area (TPSA) is 58.6 Å². The fourth-order valence-electron chi connectivity index (χ4n) is 0.972. The molecule has 2 amide bonds. The summed E-state index contributed by atoms with van der Waals surface area (Å²) in [6, 6.07) is 0. The van der Waals surface area contributed by atoms with Crippen LogP contribution in [0.2, 0.25) is 0 Å². The molecule has 0 saturated heterocycles. The van der Waals surface area contributed by atoms with Gasteiger partial charge in [0.25, 0.3) is 0 Å². The van der Waals surface area contributed by atoms with Crippen LogP contribution in [0.25, 0.3) is 0 Å². The van der Waals surface area contributed by atoms with Gasteiger partial charge in [-0.25, -0.2) is 0 Å². The lowest BCUT2D eigenvalue weighted by Gasteiger charge is -2.17. The smallest absolute Gasteiger partial charge is 0.248 e. The third-order valence-corrected chi connectivity index (χ3v) is 1.92. The summed E-state index contributed by atoms with van der Waals surface area (Å²) in [6.07, 6.45) is 0.908. The standard InChI is InChI=1S/C11H22N2O3/c1-5-6-12-10(14)7-13(4)11(15)8-16-9(2)3/h9H,5-8H2,1-4H3,(H,12,14). The number of rotatable bonds is 7. The summed E-state index contributed by atoms with van der Waals surface area (Å²) in [5.41, 5.74) is 0. The van der Waals surface area contributed by atoms with Crippen LogP contribution in [0.3, 0.4) is 0 Å². The van der Waals surface area contributed by atoms with Gasteiger partial charge in [0, 0.05) is 13.6 Å². The van der Waals surface area contributed by atoms with E-state index < -0.39 is 0 Å². The normalized spacial score (nSPS) is 10.3. The second kappa shape index (κ2) is 8.10. The highest BCUT2D eigenvalue weighted by molar-refractivity contribution is 5.85. The lowest BCUT2D eigenvalue weighted by atomic mass is 10.4. The number of ether oxygens (including phenoxy) is 1. The third kappa shape index (κ3) is 7.23. The number of nitrogens with one attached hydrogen (secondary N) is 1. The summed E-state index contributed by atoms with van der Waals surface area (Å²) in [5.74, 6) is -0.317. The number of hydrogen-bond donors (Lipinski definition) is 1. The average Bonchev–Trinajstić information content (AvgIpc) is 2.22. The highest BCUT2D eigenvalue weighted by Crippen LogP contribution is 1.91. The van der Waals surface area contributed by atoms with Crippen LogP contribution in [0.1, 0.15) is 27.2 Å². The Morgan fingerprint density at radius 1 is 1.38 bits per heavy atom. The van der Waals surface area contributed by atoms with Gasteiger partial charge in [0.1, 0.15) is 6.61 Å². The van der Waals surface area contributed by atoms with E-state index in [2.05, 4.69) is 5.32 Å². The van der Waals surface area contributed by atoms with Crippen molar-refractivity contribution < 1.29 is 14.3 Å². The van der Waals surface area contributed by atoms with Gasteiger partial charge in [0.15, 0.2) is 0 Å². The zero-order valence-corrected chi connectivity index (χ0v) is 10.6. The molecule has 0 radical (unpaired) electrons. The Balaban J connectivity index is 3.81. The predicted molar refractivity (Wildman–Crippen MR) is 62.0 cm³/mol. The van der Waals surface area contributed by atoms with E-state index >= 15 is 0 Å². The zero-order chi connectivity index (χ0) is 12.6. The minimum atomic E-state index is -0.180. The SMILES string of the molecule is CCCNC(=O)CN(C)C(=O)COC(C)C. The molecule has 0 bridgehead atoms. The molecule has 0 fully saturated rings. The molecule has 0 unspecified atom stereocenters. The molecule has 0 aromatic heterocycles. The zero-order valence-electron chi connectivity index (χ0n) is 10.6. The van der Waals surface area contributed by atoms with Gasteiger partial charge in [0.2, 0.25) is 11.8 Å². The van der Waals surface area contributed by atoms with Crippen LogP contribution in [0, 0.1) is 0 Å². The van der Waals surface area contributed by atoms with Crippen molar-refractivity contribution in [3.05, 3.63) is 0 Å². The summed E-state index contributed by atoms with van der Waals surface area (Å²) in [6.45, 7) is 6.45. The molecule has 0 aliphatic carbocycles. The van der Waals surface area contributed by atoms with E-state index in [9.17, 15) is 9.59 Å². The van der Waals surface area contributed by atoms with E-state index in [4.69, 9.17) is 4.74 Å². The largest absolute Gasteiger partial charge is 0.369 e. The van der Waals surface area contributed by atoms with Crippen molar-refractivity contribution in [1.82, 2.24) is 10.2 Å². The Labute approximate surface area is 97.1 Å². The quantitative estimate of drug-likeness (QED) is 0.688. The van der Waals surface area contributed by atoms with E-state index in [0.717, 1.165) is 6.42 Å². The van der Waals surface area contributed by atoms with Crippen LogP contribution in [-0.2, 0) is 14.3 Å². The Morgan fingerprint density at radius 2 is 2.00 bits per heavy atom. The molecule has 0 aromatic carbocycles. The first-order chi connectivity index (χ1) is 7.47. The van der Waals surface area contributed by atoms with Crippen molar-refractivity contribution in [2.75, 3.05) is 26.7 Å². The maximum Gasteiger partial charge on any atom is 0.248 e. The van der Waals surface area contributed by atoms with Gasteiger partial charge < -0.3 is 15.0 Å². The van der Waals surface area contributed by atoms with Gasteiger partial charge >= 0.3 is 0 Å². The molecule has 0 spiro atoms. The average molecular weight is 230 g/mol. The molecule has 16 heavy (non-hydrogen) atoms. The first-order valence-corrected chi connectivity index (χ1v) is 5.59. The van der Waals surface area contributed by atoms with E-state index in [0.29, 0.717) is 6.54 Å². The molecule has 0 rings (SSSR count). The molecular weight excluding hydrogens is 208 g/mol. The molecule has 0 saturated carbocycles. The second-order valence-electron chi connectivity index (χ2n) is 3.96. The first kappa shape index (κ1) is 14.9. The number of carbonyl (C=O) groups is 2. The van der Waals surface area contributed by atoms with Crippen LogP contribution in [-0.4, -0.2) is 49.6 Å². The van der Waals surface area contributed by atoms with Gasteiger partial charge in [0.05, 0.1) is 12.6 Å². The number of amides is 2. The van der Waals surface area contributed by atoms with Crippen LogP contribution in [0.4, 0.5) is 0 Å². The molecule has 1 N–H and O–H groups in total. The Bertz CT molecular complexity index is 229. The number of nitrogens with zero attached hydrogens (tertiary/aromatic N) is 1. The molecule has 5 heteroatoms. The molecule has 0 aromatic rings. The fourth-order valence-corrected chi connectivity index (χ4v) is 0.972. The second-order valence-corrected chi connectivity index (χ2v) is 3.96. The lowest BCUT2D eigenvalue weighted by molar-refractivity contribution is -0.139. The van der Waals surface area contributed by atoms with Gasteiger partial charge in [-0.15, -0.1) is 0 Å². The molecular formula is C11H22N2O3. The summed E-state index contributed by atoms with van der Waals surface area (Å²) >= 11 is 0. The van der Waals surface area contributed by atoms with Crippen LogP contribution >= 0.6 is 0 Å². The van der Waals surface area contributed by atoms with Crippen LogP contribution in [0.15, 0.2) is 0 Å². The summed E-state index contributed by atoms with van der Waals surface area (Å²) < 4.78 is 5.16. The highest BCUT2D eigenvalue weighted by atomic mass is 16.5. The van der Waals surface area contributed by atoms with E-state index in [-0.39, 0.29) is 31.1 Å². The van der Waals surface area contributed by atoms with E-state index in [1.807, 2.05) is 20.8 Å². The molecule has 0 heterocycles. The van der Waals surface area contributed by atoms with Crippen molar-refractivity contribution in [2.24, 2.45) is 0 Å². The van der Waals surface area contributed by atoms with Crippen molar-refractivity contribution >= 4 is 11.8 Å². The summed E-state index contributed by atoms with van der Waals surface area (Å²) in [4.78, 5) is 24.2.